The Bertz CT molecular complexity index is 386. The van der Waals surface area contributed by atoms with E-state index < -0.39 is 9.06 Å². The topological polar surface area (TPSA) is 12.5 Å². The van der Waals surface area contributed by atoms with Crippen molar-refractivity contribution in [1.29, 1.82) is 0 Å². The van der Waals surface area contributed by atoms with Crippen LogP contribution in [0.4, 0.5) is 5.69 Å². The molecule has 1 aromatic carbocycles. The summed E-state index contributed by atoms with van der Waals surface area (Å²) in [6.45, 7) is 3.79. The van der Waals surface area contributed by atoms with Gasteiger partial charge in [-0.1, -0.05) is 16.9 Å². The highest BCUT2D eigenvalue weighted by molar-refractivity contribution is 9.08. The summed E-state index contributed by atoms with van der Waals surface area (Å²) in [5.74, 6) is 0. The van der Waals surface area contributed by atoms with Crippen LogP contribution in [0.3, 0.4) is 0 Å². The van der Waals surface area contributed by atoms with Gasteiger partial charge in [0.05, 0.1) is 13.2 Å². The van der Waals surface area contributed by atoms with Crippen molar-refractivity contribution >= 4 is 25.5 Å². The van der Waals surface area contributed by atoms with Crippen molar-refractivity contribution in [2.45, 2.75) is 4.90 Å². The maximum atomic E-state index is 5.39. The SMILES string of the molecule is CS1(c2cccc(N3CCOCC3)c2)CS1. The number of ether oxygens (including phenoxy) is 1. The zero-order chi connectivity index (χ0) is 11.0. The second-order valence-corrected chi connectivity index (χ2v) is 10.9. The highest BCUT2D eigenvalue weighted by atomic mass is 33.2. The Morgan fingerprint density at radius 3 is 2.75 bits per heavy atom. The van der Waals surface area contributed by atoms with Crippen molar-refractivity contribution in [3.8, 4) is 0 Å². The molecule has 0 radical (unpaired) electrons. The molecular weight excluding hydrogens is 238 g/mol. The van der Waals surface area contributed by atoms with Crippen molar-refractivity contribution < 1.29 is 4.74 Å². The molecule has 0 aromatic heterocycles. The summed E-state index contributed by atoms with van der Waals surface area (Å²) < 4.78 is 5.39. The second-order valence-electron chi connectivity index (χ2n) is 4.34. The van der Waals surface area contributed by atoms with E-state index in [2.05, 4.69) is 46.2 Å². The van der Waals surface area contributed by atoms with Gasteiger partial charge >= 0.3 is 0 Å². The normalized spacial score (nSPS) is 33.2. The highest BCUT2D eigenvalue weighted by Gasteiger charge is 2.35. The van der Waals surface area contributed by atoms with Gasteiger partial charge in [0.2, 0.25) is 0 Å². The fourth-order valence-electron chi connectivity index (χ4n) is 1.98. The summed E-state index contributed by atoms with van der Waals surface area (Å²) in [7, 11) is 1.66. The highest BCUT2D eigenvalue weighted by Crippen LogP contribution is 2.80. The molecule has 4 heteroatoms. The van der Waals surface area contributed by atoms with E-state index in [1.807, 2.05) is 0 Å². The molecule has 0 N–H and O–H groups in total. The van der Waals surface area contributed by atoms with Crippen LogP contribution in [0.1, 0.15) is 0 Å². The average molecular weight is 255 g/mol. The summed E-state index contributed by atoms with van der Waals surface area (Å²) in [6, 6.07) is 9.11. The number of hydrogen-bond acceptors (Lipinski definition) is 3. The van der Waals surface area contributed by atoms with Gasteiger partial charge in [0.15, 0.2) is 0 Å². The molecule has 1 atom stereocenters. The van der Waals surface area contributed by atoms with Crippen LogP contribution in [-0.2, 0) is 4.74 Å². The molecule has 2 saturated heterocycles. The summed E-state index contributed by atoms with van der Waals surface area (Å²) in [5, 5.41) is 1.35. The molecule has 2 aliphatic heterocycles. The molecule has 2 fully saturated rings. The lowest BCUT2D eigenvalue weighted by Crippen LogP contribution is -2.36. The fraction of sp³-hybridized carbons (Fsp3) is 0.500. The molecule has 88 valence electrons. The minimum absolute atomic E-state index is 0.455. The van der Waals surface area contributed by atoms with E-state index in [0.717, 1.165) is 26.3 Å². The third kappa shape index (κ3) is 2.06. The van der Waals surface area contributed by atoms with Gasteiger partial charge in [0.1, 0.15) is 0 Å². The Labute approximate surface area is 102 Å². The number of benzene rings is 1. The van der Waals surface area contributed by atoms with Crippen molar-refractivity contribution in [2.24, 2.45) is 0 Å². The van der Waals surface area contributed by atoms with Gasteiger partial charge in [-0.05, 0) is 24.5 Å². The predicted molar refractivity (Wildman–Crippen MR) is 73.7 cm³/mol. The fourth-order valence-corrected chi connectivity index (χ4v) is 5.99. The lowest BCUT2D eigenvalue weighted by Gasteiger charge is -2.29. The Kier molecular flexibility index (Phi) is 2.81. The first-order chi connectivity index (χ1) is 7.78. The number of nitrogens with zero attached hydrogens (tertiary/aromatic N) is 1. The molecule has 0 saturated carbocycles. The van der Waals surface area contributed by atoms with Crippen molar-refractivity contribution in [3.05, 3.63) is 24.3 Å². The van der Waals surface area contributed by atoms with E-state index in [0.29, 0.717) is 0 Å². The molecule has 3 rings (SSSR count). The van der Waals surface area contributed by atoms with Gasteiger partial charge in [0.25, 0.3) is 0 Å². The standard InChI is InChI=1S/C12H17NOS2/c1-16(10-15-16)12-4-2-3-11(9-12)13-5-7-14-8-6-13/h2-4,9H,5-8,10H2,1H3. The van der Waals surface area contributed by atoms with E-state index >= 15 is 0 Å². The summed E-state index contributed by atoms with van der Waals surface area (Å²) in [4.78, 5) is 3.99. The molecule has 0 bridgehead atoms. The first-order valence-corrected chi connectivity index (χ1v) is 9.32. The van der Waals surface area contributed by atoms with E-state index in [4.69, 9.17) is 4.74 Å². The largest absolute Gasteiger partial charge is 0.378 e. The molecule has 0 aliphatic carbocycles. The monoisotopic (exact) mass is 255 g/mol. The van der Waals surface area contributed by atoms with Gasteiger partial charge < -0.3 is 9.64 Å². The van der Waals surface area contributed by atoms with Crippen molar-refractivity contribution in [1.82, 2.24) is 0 Å². The molecule has 2 heterocycles. The first kappa shape index (κ1) is 10.8. The number of anilines is 1. The van der Waals surface area contributed by atoms with E-state index in [1.165, 1.54) is 10.8 Å². The van der Waals surface area contributed by atoms with E-state index in [-0.39, 0.29) is 0 Å². The van der Waals surface area contributed by atoms with Crippen LogP contribution in [0.25, 0.3) is 0 Å². The minimum Gasteiger partial charge on any atom is -0.378 e. The van der Waals surface area contributed by atoms with Crippen LogP contribution in [0, 0.1) is 0 Å². The van der Waals surface area contributed by atoms with E-state index in [9.17, 15) is 0 Å². The summed E-state index contributed by atoms with van der Waals surface area (Å²) >= 11 is 0. The van der Waals surface area contributed by atoms with Gasteiger partial charge in [-0.25, -0.2) is 0 Å². The Hall–Kier alpha value is -0.320. The van der Waals surface area contributed by atoms with Crippen LogP contribution in [0.5, 0.6) is 0 Å². The van der Waals surface area contributed by atoms with Crippen LogP contribution in [0.15, 0.2) is 29.2 Å². The molecule has 0 amide bonds. The van der Waals surface area contributed by atoms with Gasteiger partial charge in [-0.2, -0.15) is 9.06 Å². The molecule has 2 nitrogen and oxygen atoms in total. The number of rotatable bonds is 2. The molecule has 1 unspecified atom stereocenters. The Balaban J connectivity index is 1.84. The third-order valence-corrected chi connectivity index (χ3v) is 8.76. The van der Waals surface area contributed by atoms with Crippen molar-refractivity contribution in [3.63, 3.8) is 0 Å². The van der Waals surface area contributed by atoms with E-state index in [1.54, 1.807) is 4.90 Å². The van der Waals surface area contributed by atoms with Crippen LogP contribution < -0.4 is 4.90 Å². The third-order valence-electron chi connectivity index (χ3n) is 3.16. The number of morpholine rings is 1. The van der Waals surface area contributed by atoms with Crippen LogP contribution >= 0.6 is 19.9 Å². The van der Waals surface area contributed by atoms with Gasteiger partial charge in [-0.3, -0.25) is 0 Å². The maximum absolute atomic E-state index is 5.39. The van der Waals surface area contributed by atoms with Gasteiger partial charge in [0, 0.05) is 28.8 Å². The zero-order valence-electron chi connectivity index (χ0n) is 9.52. The van der Waals surface area contributed by atoms with Crippen LogP contribution in [-0.4, -0.2) is 37.6 Å². The smallest absolute Gasteiger partial charge is 0.0642 e. The molecule has 2 aliphatic rings. The Morgan fingerprint density at radius 2 is 2.06 bits per heavy atom. The lowest BCUT2D eigenvalue weighted by molar-refractivity contribution is 0.122. The Morgan fingerprint density at radius 1 is 1.31 bits per heavy atom. The predicted octanol–water partition coefficient (Wildman–Crippen LogP) is 2.94. The number of hydrogen-bond donors (Lipinski definition) is 0. The van der Waals surface area contributed by atoms with Gasteiger partial charge in [-0.15, -0.1) is 0 Å². The molecule has 0 spiro atoms. The lowest BCUT2D eigenvalue weighted by atomic mass is 10.2. The maximum Gasteiger partial charge on any atom is 0.0642 e. The van der Waals surface area contributed by atoms with Crippen LogP contribution in [0.2, 0.25) is 0 Å². The molecule has 16 heavy (non-hydrogen) atoms. The average Bonchev–Trinajstić information content (AvgIpc) is 3.10. The second kappa shape index (κ2) is 4.17. The summed E-state index contributed by atoms with van der Waals surface area (Å²) in [6.07, 6.45) is 2.41. The first-order valence-electron chi connectivity index (χ1n) is 5.61. The molecule has 1 aromatic rings. The zero-order valence-corrected chi connectivity index (χ0v) is 11.1. The molecular formula is C12H17NOS2. The quantitative estimate of drug-likeness (QED) is 0.595. The summed E-state index contributed by atoms with van der Waals surface area (Å²) in [5.41, 5.74) is 1.38. The minimum atomic E-state index is -0.455. The van der Waals surface area contributed by atoms with Crippen molar-refractivity contribution in [2.75, 3.05) is 42.5 Å².